The number of benzene rings is 1. The van der Waals surface area contributed by atoms with Gasteiger partial charge in [0.05, 0.1) is 12.0 Å². The standard InChI is InChI=1S/C10H10N2.C7H9N.C5H7NO/c1-9-7-11-8-12(9)10-5-3-2-4-6-10;1-6-3-4-7(2)8-5-6;1-4-3-5(2)7-6-4/h2-8H,1H3;3-5H,1-2H3;3H,1-2H3. The van der Waals surface area contributed by atoms with E-state index in [9.17, 15) is 0 Å². The number of imidazole rings is 1. The van der Waals surface area contributed by atoms with Crippen molar-refractivity contribution in [3.05, 3.63) is 95.7 Å². The summed E-state index contributed by atoms with van der Waals surface area (Å²) in [4.78, 5) is 8.14. The highest BCUT2D eigenvalue weighted by Gasteiger charge is 1.96. The molecule has 4 rings (SSSR count). The van der Waals surface area contributed by atoms with E-state index < -0.39 is 0 Å². The van der Waals surface area contributed by atoms with Crippen LogP contribution in [0, 0.1) is 34.6 Å². The summed E-state index contributed by atoms with van der Waals surface area (Å²) < 4.78 is 6.77. The zero-order valence-electron chi connectivity index (χ0n) is 16.5. The molecule has 3 aromatic heterocycles. The van der Waals surface area contributed by atoms with Crippen molar-refractivity contribution in [3.8, 4) is 5.69 Å². The number of para-hydroxylation sites is 1. The molecule has 140 valence electrons. The molecule has 0 saturated heterocycles. The maximum absolute atomic E-state index is 4.71. The molecule has 1 aromatic carbocycles. The summed E-state index contributed by atoms with van der Waals surface area (Å²) in [5.41, 5.74) is 5.55. The number of aromatic nitrogens is 4. The first-order valence-electron chi connectivity index (χ1n) is 8.79. The van der Waals surface area contributed by atoms with E-state index in [0.29, 0.717) is 0 Å². The summed E-state index contributed by atoms with van der Waals surface area (Å²) in [6, 6.07) is 16.1. The van der Waals surface area contributed by atoms with E-state index in [1.54, 1.807) is 0 Å². The third-order valence-corrected chi connectivity index (χ3v) is 3.66. The molecule has 5 nitrogen and oxygen atoms in total. The van der Waals surface area contributed by atoms with Crippen molar-refractivity contribution < 1.29 is 4.52 Å². The Labute approximate surface area is 160 Å². The summed E-state index contributed by atoms with van der Waals surface area (Å²) >= 11 is 0. The highest BCUT2D eigenvalue weighted by molar-refractivity contribution is 5.32. The van der Waals surface area contributed by atoms with E-state index in [-0.39, 0.29) is 0 Å². The lowest BCUT2D eigenvalue weighted by atomic mass is 10.3. The molecule has 0 fully saturated rings. The van der Waals surface area contributed by atoms with Crippen LogP contribution in [0.5, 0.6) is 0 Å². The Balaban J connectivity index is 0.000000153. The smallest absolute Gasteiger partial charge is 0.133 e. The number of pyridine rings is 1. The summed E-state index contributed by atoms with van der Waals surface area (Å²) in [6.07, 6.45) is 5.55. The van der Waals surface area contributed by atoms with Crippen molar-refractivity contribution in [1.29, 1.82) is 0 Å². The van der Waals surface area contributed by atoms with Gasteiger partial charge in [0.1, 0.15) is 5.76 Å². The van der Waals surface area contributed by atoms with Crippen molar-refractivity contribution in [2.75, 3.05) is 0 Å². The third kappa shape index (κ3) is 6.90. The molecule has 3 heterocycles. The second-order valence-corrected chi connectivity index (χ2v) is 6.30. The Bertz CT molecular complexity index is 887. The van der Waals surface area contributed by atoms with Gasteiger partial charge < -0.3 is 9.09 Å². The molecule has 0 N–H and O–H groups in total. The number of hydrogen-bond acceptors (Lipinski definition) is 4. The average Bonchev–Trinajstić information content (AvgIpc) is 3.27. The fourth-order valence-corrected chi connectivity index (χ4v) is 2.25. The van der Waals surface area contributed by atoms with Gasteiger partial charge in [-0.05, 0) is 58.4 Å². The van der Waals surface area contributed by atoms with Crippen LogP contribution >= 0.6 is 0 Å². The van der Waals surface area contributed by atoms with Crippen LogP contribution in [0.2, 0.25) is 0 Å². The highest BCUT2D eigenvalue weighted by atomic mass is 16.5. The summed E-state index contributed by atoms with van der Waals surface area (Å²) in [5.74, 6) is 0.873. The molecule has 0 aliphatic carbocycles. The highest BCUT2D eigenvalue weighted by Crippen LogP contribution is 2.08. The topological polar surface area (TPSA) is 56.7 Å². The average molecular weight is 362 g/mol. The predicted molar refractivity (Wildman–Crippen MR) is 108 cm³/mol. The lowest BCUT2D eigenvalue weighted by Gasteiger charge is -2.02. The molecule has 27 heavy (non-hydrogen) atoms. The first kappa shape index (κ1) is 20.1. The van der Waals surface area contributed by atoms with Gasteiger partial charge in [0, 0.05) is 35.5 Å². The van der Waals surface area contributed by atoms with Crippen LogP contribution in [0.15, 0.2) is 71.8 Å². The largest absolute Gasteiger partial charge is 0.361 e. The van der Waals surface area contributed by atoms with Gasteiger partial charge in [-0.15, -0.1) is 0 Å². The van der Waals surface area contributed by atoms with Gasteiger partial charge in [-0.1, -0.05) is 29.4 Å². The fourth-order valence-electron chi connectivity index (χ4n) is 2.25. The van der Waals surface area contributed by atoms with Crippen LogP contribution in [-0.4, -0.2) is 19.7 Å². The fraction of sp³-hybridized carbons (Fsp3) is 0.227. The van der Waals surface area contributed by atoms with E-state index >= 15 is 0 Å². The van der Waals surface area contributed by atoms with Gasteiger partial charge in [0.25, 0.3) is 0 Å². The molecule has 0 bridgehead atoms. The molecule has 0 atom stereocenters. The van der Waals surface area contributed by atoms with Crippen LogP contribution in [-0.2, 0) is 0 Å². The van der Waals surface area contributed by atoms with E-state index in [2.05, 4.69) is 37.9 Å². The molecule has 0 aliphatic rings. The Kier molecular flexibility index (Phi) is 7.49. The molecular weight excluding hydrogens is 336 g/mol. The first-order valence-corrected chi connectivity index (χ1v) is 8.79. The number of nitrogens with zero attached hydrogens (tertiary/aromatic N) is 4. The zero-order valence-corrected chi connectivity index (χ0v) is 16.5. The van der Waals surface area contributed by atoms with E-state index in [1.807, 2.05) is 83.7 Å². The summed E-state index contributed by atoms with van der Waals surface area (Å²) in [7, 11) is 0. The lowest BCUT2D eigenvalue weighted by Crippen LogP contribution is -1.92. The minimum absolute atomic E-state index is 0.873. The van der Waals surface area contributed by atoms with Crippen molar-refractivity contribution in [1.82, 2.24) is 19.7 Å². The van der Waals surface area contributed by atoms with Crippen LogP contribution < -0.4 is 0 Å². The molecule has 4 aromatic rings. The Morgan fingerprint density at radius 2 is 1.56 bits per heavy atom. The Morgan fingerprint density at radius 3 is 1.96 bits per heavy atom. The number of rotatable bonds is 1. The van der Waals surface area contributed by atoms with E-state index in [0.717, 1.165) is 28.5 Å². The van der Waals surface area contributed by atoms with E-state index in [4.69, 9.17) is 4.52 Å². The van der Waals surface area contributed by atoms with Crippen LogP contribution in [0.25, 0.3) is 5.69 Å². The molecule has 0 spiro atoms. The quantitative estimate of drug-likeness (QED) is 0.469. The van der Waals surface area contributed by atoms with Crippen molar-refractivity contribution in [2.45, 2.75) is 34.6 Å². The van der Waals surface area contributed by atoms with Crippen molar-refractivity contribution >= 4 is 0 Å². The first-order chi connectivity index (χ1) is 13.0. The second-order valence-electron chi connectivity index (χ2n) is 6.30. The maximum Gasteiger partial charge on any atom is 0.133 e. The van der Waals surface area contributed by atoms with Gasteiger partial charge in [-0.3, -0.25) is 4.98 Å². The molecule has 0 radical (unpaired) electrons. The monoisotopic (exact) mass is 362 g/mol. The lowest BCUT2D eigenvalue weighted by molar-refractivity contribution is 0.393. The van der Waals surface area contributed by atoms with Crippen LogP contribution in [0.3, 0.4) is 0 Å². The predicted octanol–water partition coefficient (Wildman–Crippen LogP) is 5.17. The summed E-state index contributed by atoms with van der Waals surface area (Å²) in [5, 5.41) is 3.64. The van der Waals surface area contributed by atoms with E-state index in [1.165, 1.54) is 5.56 Å². The maximum atomic E-state index is 4.71. The molecule has 0 unspecified atom stereocenters. The molecule has 0 saturated carbocycles. The number of aryl methyl sites for hydroxylation is 5. The van der Waals surface area contributed by atoms with Crippen molar-refractivity contribution in [2.24, 2.45) is 0 Å². The Morgan fingerprint density at radius 1 is 0.815 bits per heavy atom. The molecular formula is C22H26N4O. The summed E-state index contributed by atoms with van der Waals surface area (Å²) in [6.45, 7) is 9.84. The third-order valence-electron chi connectivity index (χ3n) is 3.66. The Hall–Kier alpha value is -3.21. The normalized spacial score (nSPS) is 9.67. The van der Waals surface area contributed by atoms with Crippen LogP contribution in [0.1, 0.15) is 28.4 Å². The minimum Gasteiger partial charge on any atom is -0.361 e. The minimum atomic E-state index is 0.873. The second kappa shape index (κ2) is 10.1. The van der Waals surface area contributed by atoms with Gasteiger partial charge in [-0.2, -0.15) is 0 Å². The molecule has 0 aliphatic heterocycles. The van der Waals surface area contributed by atoms with Crippen molar-refractivity contribution in [3.63, 3.8) is 0 Å². The van der Waals surface area contributed by atoms with Gasteiger partial charge >= 0.3 is 0 Å². The van der Waals surface area contributed by atoms with Gasteiger partial charge in [0.2, 0.25) is 0 Å². The number of hydrogen-bond donors (Lipinski definition) is 0. The zero-order chi connectivity index (χ0) is 19.6. The van der Waals surface area contributed by atoms with Gasteiger partial charge in [-0.25, -0.2) is 4.98 Å². The van der Waals surface area contributed by atoms with Gasteiger partial charge in [0.15, 0.2) is 0 Å². The molecule has 5 heteroatoms. The SMILES string of the molecule is Cc1cc(C)on1.Cc1ccc(C)nc1.Cc1cncn1-c1ccccc1. The van der Waals surface area contributed by atoms with Crippen LogP contribution in [0.4, 0.5) is 0 Å². The molecule has 0 amide bonds.